The molecule has 0 saturated carbocycles. The highest BCUT2D eigenvalue weighted by Crippen LogP contribution is 2.27. The summed E-state index contributed by atoms with van der Waals surface area (Å²) in [4.78, 5) is 0. The average molecular weight is 229 g/mol. The van der Waals surface area contributed by atoms with Gasteiger partial charge in [0.05, 0.1) is 0 Å². The van der Waals surface area contributed by atoms with Gasteiger partial charge in [0.1, 0.15) is 5.82 Å². The van der Waals surface area contributed by atoms with Gasteiger partial charge in [-0.25, -0.2) is 4.39 Å². The molecule has 2 rings (SSSR count). The molecule has 0 spiro atoms. The quantitative estimate of drug-likeness (QED) is 0.789. The van der Waals surface area contributed by atoms with E-state index in [4.69, 9.17) is 5.73 Å². The Morgan fingerprint density at radius 3 is 2.59 bits per heavy atom. The standard InChI is InChI=1S/C15H16FN/c1-2-3-8-15(17)13-9-10-14(16)12-7-5-4-6-11(12)13/h2,4-7,9-10,15H,1,3,8,17H2. The predicted octanol–water partition coefficient (Wildman–Crippen LogP) is 3.94. The van der Waals surface area contributed by atoms with Crippen molar-refractivity contribution >= 4 is 10.8 Å². The Morgan fingerprint density at radius 1 is 1.18 bits per heavy atom. The molecule has 0 bridgehead atoms. The van der Waals surface area contributed by atoms with Crippen LogP contribution in [0.2, 0.25) is 0 Å². The molecule has 1 unspecified atom stereocenters. The summed E-state index contributed by atoms with van der Waals surface area (Å²) in [5, 5.41) is 1.54. The number of fused-ring (bicyclic) bond motifs is 1. The van der Waals surface area contributed by atoms with Gasteiger partial charge in [-0.1, -0.05) is 36.4 Å². The monoisotopic (exact) mass is 229 g/mol. The minimum Gasteiger partial charge on any atom is -0.324 e. The Hall–Kier alpha value is -1.67. The molecule has 0 aliphatic heterocycles. The summed E-state index contributed by atoms with van der Waals surface area (Å²) in [6.07, 6.45) is 3.55. The second-order valence-electron chi connectivity index (χ2n) is 4.15. The fraction of sp³-hybridized carbons (Fsp3) is 0.200. The lowest BCUT2D eigenvalue weighted by Crippen LogP contribution is -2.10. The molecule has 0 amide bonds. The highest BCUT2D eigenvalue weighted by atomic mass is 19.1. The molecule has 2 aromatic carbocycles. The van der Waals surface area contributed by atoms with Crippen LogP contribution in [0.4, 0.5) is 4.39 Å². The van der Waals surface area contributed by atoms with E-state index in [0.717, 1.165) is 23.8 Å². The van der Waals surface area contributed by atoms with Crippen molar-refractivity contribution in [1.82, 2.24) is 0 Å². The third-order valence-corrected chi connectivity index (χ3v) is 2.99. The molecule has 0 saturated heterocycles. The first kappa shape index (κ1) is 11.8. The van der Waals surface area contributed by atoms with E-state index in [9.17, 15) is 4.39 Å². The maximum atomic E-state index is 13.6. The van der Waals surface area contributed by atoms with Gasteiger partial charge in [0.25, 0.3) is 0 Å². The van der Waals surface area contributed by atoms with E-state index in [0.29, 0.717) is 5.39 Å². The maximum absolute atomic E-state index is 13.6. The van der Waals surface area contributed by atoms with Crippen molar-refractivity contribution in [1.29, 1.82) is 0 Å². The zero-order chi connectivity index (χ0) is 12.3. The molecule has 0 aliphatic carbocycles. The van der Waals surface area contributed by atoms with Crippen molar-refractivity contribution in [3.05, 3.63) is 60.4 Å². The van der Waals surface area contributed by atoms with E-state index < -0.39 is 0 Å². The average Bonchev–Trinajstić information content (AvgIpc) is 2.37. The van der Waals surface area contributed by atoms with Crippen molar-refractivity contribution in [3.8, 4) is 0 Å². The van der Waals surface area contributed by atoms with Crippen LogP contribution >= 0.6 is 0 Å². The first-order valence-corrected chi connectivity index (χ1v) is 5.77. The normalized spacial score (nSPS) is 12.6. The van der Waals surface area contributed by atoms with Gasteiger partial charge in [-0.15, -0.1) is 6.58 Å². The van der Waals surface area contributed by atoms with Gasteiger partial charge in [0.2, 0.25) is 0 Å². The second-order valence-corrected chi connectivity index (χ2v) is 4.15. The van der Waals surface area contributed by atoms with Crippen molar-refractivity contribution in [2.24, 2.45) is 5.73 Å². The van der Waals surface area contributed by atoms with Gasteiger partial charge in [-0.05, 0) is 29.9 Å². The highest BCUT2D eigenvalue weighted by Gasteiger charge is 2.11. The lowest BCUT2D eigenvalue weighted by Gasteiger charge is -2.14. The van der Waals surface area contributed by atoms with Gasteiger partial charge in [-0.2, -0.15) is 0 Å². The van der Waals surface area contributed by atoms with Gasteiger partial charge < -0.3 is 5.73 Å². The van der Waals surface area contributed by atoms with Crippen LogP contribution in [-0.2, 0) is 0 Å². The smallest absolute Gasteiger partial charge is 0.131 e. The van der Waals surface area contributed by atoms with Crippen molar-refractivity contribution in [2.75, 3.05) is 0 Å². The molecule has 0 heterocycles. The molecular weight excluding hydrogens is 213 g/mol. The molecule has 2 heteroatoms. The third kappa shape index (κ3) is 2.37. The molecule has 0 fully saturated rings. The Kier molecular flexibility index (Phi) is 3.55. The Labute approximate surface area is 101 Å². The molecule has 1 nitrogen and oxygen atoms in total. The summed E-state index contributed by atoms with van der Waals surface area (Å²) in [6.45, 7) is 3.69. The van der Waals surface area contributed by atoms with Crippen LogP contribution in [0.5, 0.6) is 0 Å². The number of allylic oxidation sites excluding steroid dienone is 1. The zero-order valence-corrected chi connectivity index (χ0v) is 9.70. The fourth-order valence-electron chi connectivity index (χ4n) is 2.06. The third-order valence-electron chi connectivity index (χ3n) is 2.99. The Balaban J connectivity index is 2.47. The lowest BCUT2D eigenvalue weighted by molar-refractivity contribution is 0.634. The molecule has 88 valence electrons. The van der Waals surface area contributed by atoms with Crippen LogP contribution in [0.1, 0.15) is 24.4 Å². The van der Waals surface area contributed by atoms with E-state index >= 15 is 0 Å². The number of hydrogen-bond acceptors (Lipinski definition) is 1. The van der Waals surface area contributed by atoms with Crippen molar-refractivity contribution in [3.63, 3.8) is 0 Å². The molecule has 0 aliphatic rings. The van der Waals surface area contributed by atoms with Gasteiger partial charge >= 0.3 is 0 Å². The molecule has 1 atom stereocenters. The number of rotatable bonds is 4. The predicted molar refractivity (Wildman–Crippen MR) is 70.3 cm³/mol. The Morgan fingerprint density at radius 2 is 1.88 bits per heavy atom. The molecular formula is C15H16FN. The Bertz CT molecular complexity index is 533. The first-order valence-electron chi connectivity index (χ1n) is 5.77. The molecule has 0 aromatic heterocycles. The maximum Gasteiger partial charge on any atom is 0.131 e. The van der Waals surface area contributed by atoms with Crippen molar-refractivity contribution < 1.29 is 4.39 Å². The van der Waals surface area contributed by atoms with E-state index in [-0.39, 0.29) is 11.9 Å². The summed E-state index contributed by atoms with van der Waals surface area (Å²) in [5.74, 6) is -0.194. The number of benzene rings is 2. The second kappa shape index (κ2) is 5.11. The summed E-state index contributed by atoms with van der Waals surface area (Å²) in [7, 11) is 0. The van der Waals surface area contributed by atoms with Crippen LogP contribution in [-0.4, -0.2) is 0 Å². The number of hydrogen-bond donors (Lipinski definition) is 1. The summed E-state index contributed by atoms with van der Waals surface area (Å²) < 4.78 is 13.6. The highest BCUT2D eigenvalue weighted by molar-refractivity contribution is 5.86. The molecule has 2 N–H and O–H groups in total. The van der Waals surface area contributed by atoms with E-state index in [2.05, 4.69) is 6.58 Å². The first-order chi connectivity index (χ1) is 8.24. The minimum absolute atomic E-state index is 0.0708. The van der Waals surface area contributed by atoms with Gasteiger partial charge in [0, 0.05) is 11.4 Å². The van der Waals surface area contributed by atoms with Gasteiger partial charge in [0.15, 0.2) is 0 Å². The van der Waals surface area contributed by atoms with E-state index in [1.54, 1.807) is 12.1 Å². The van der Waals surface area contributed by atoms with Crippen LogP contribution < -0.4 is 5.73 Å². The molecule has 17 heavy (non-hydrogen) atoms. The SMILES string of the molecule is C=CCCC(N)c1ccc(F)c2ccccc12. The summed E-state index contributed by atoms with van der Waals surface area (Å²) in [6, 6.07) is 10.7. The lowest BCUT2D eigenvalue weighted by atomic mass is 9.96. The van der Waals surface area contributed by atoms with Crippen molar-refractivity contribution in [2.45, 2.75) is 18.9 Å². The van der Waals surface area contributed by atoms with Gasteiger partial charge in [-0.3, -0.25) is 0 Å². The fourth-order valence-corrected chi connectivity index (χ4v) is 2.06. The van der Waals surface area contributed by atoms with Crippen LogP contribution in [0, 0.1) is 5.82 Å². The van der Waals surface area contributed by atoms with E-state index in [1.165, 1.54) is 6.07 Å². The van der Waals surface area contributed by atoms with Crippen LogP contribution in [0.3, 0.4) is 0 Å². The zero-order valence-electron chi connectivity index (χ0n) is 9.70. The summed E-state index contributed by atoms with van der Waals surface area (Å²) in [5.41, 5.74) is 7.13. The topological polar surface area (TPSA) is 26.0 Å². The summed E-state index contributed by atoms with van der Waals surface area (Å²) >= 11 is 0. The minimum atomic E-state index is -0.194. The molecule has 0 radical (unpaired) electrons. The van der Waals surface area contributed by atoms with E-state index in [1.807, 2.05) is 24.3 Å². The number of nitrogens with two attached hydrogens (primary N) is 1. The van der Waals surface area contributed by atoms with Crippen LogP contribution in [0.25, 0.3) is 10.8 Å². The number of halogens is 1. The van der Waals surface area contributed by atoms with Crippen LogP contribution in [0.15, 0.2) is 49.1 Å². The largest absolute Gasteiger partial charge is 0.324 e. The molecule has 2 aromatic rings.